The molecule has 1 heterocycles. The molecular formula is C29H34N2O3. The molecule has 4 rings (SSSR count). The zero-order valence-electron chi connectivity index (χ0n) is 20.3. The number of anilines is 1. The Morgan fingerprint density at radius 3 is 2.53 bits per heavy atom. The van der Waals surface area contributed by atoms with E-state index in [1.165, 1.54) is 11.3 Å². The highest BCUT2D eigenvalue weighted by atomic mass is 16.4. The standard InChI is InChI=1S/C29H34N2O3/c1-4-20(3)31-23(12-8-11-21-9-6-5-7-10-21)15-16-27(31)28(32)30-26-17-22(14-13-19(26)2)24-18-25(24)29(33)34/h5-7,9-10,13-17,20,24-25H,4,8,11-12,18H2,1-3H3,(H,30,32)(H,33,34)/t20-,24-,25-/m0/s1. The number of hydrogen-bond donors (Lipinski definition) is 2. The van der Waals surface area contributed by atoms with Crippen molar-refractivity contribution in [1.29, 1.82) is 0 Å². The van der Waals surface area contributed by atoms with E-state index in [9.17, 15) is 14.7 Å². The molecule has 1 amide bonds. The molecule has 178 valence electrons. The molecule has 5 nitrogen and oxygen atoms in total. The Balaban J connectivity index is 1.50. The number of rotatable bonds is 10. The number of nitrogens with one attached hydrogen (secondary N) is 1. The number of nitrogens with zero attached hydrogens (tertiary/aromatic N) is 1. The van der Waals surface area contributed by atoms with Crippen molar-refractivity contribution >= 4 is 17.6 Å². The number of aryl methyl sites for hydroxylation is 3. The summed E-state index contributed by atoms with van der Waals surface area (Å²) < 4.78 is 2.18. The molecule has 0 spiro atoms. The summed E-state index contributed by atoms with van der Waals surface area (Å²) in [5.74, 6) is -1.15. The van der Waals surface area contributed by atoms with Gasteiger partial charge in [0, 0.05) is 17.4 Å². The number of carbonyl (C=O) groups excluding carboxylic acids is 1. The molecule has 1 aliphatic rings. The van der Waals surface area contributed by atoms with Gasteiger partial charge < -0.3 is 15.0 Å². The van der Waals surface area contributed by atoms with Crippen LogP contribution in [-0.4, -0.2) is 21.6 Å². The molecule has 0 unspecified atom stereocenters. The third kappa shape index (κ3) is 5.24. The molecule has 2 N–H and O–H groups in total. The van der Waals surface area contributed by atoms with Gasteiger partial charge in [0.15, 0.2) is 0 Å². The van der Waals surface area contributed by atoms with Crippen LogP contribution in [0.4, 0.5) is 5.69 Å². The van der Waals surface area contributed by atoms with Gasteiger partial charge in [-0.25, -0.2) is 0 Å². The van der Waals surface area contributed by atoms with Crippen molar-refractivity contribution < 1.29 is 14.7 Å². The van der Waals surface area contributed by atoms with E-state index in [1.807, 2.05) is 37.3 Å². The monoisotopic (exact) mass is 458 g/mol. The summed E-state index contributed by atoms with van der Waals surface area (Å²) in [6.45, 7) is 6.26. The maximum Gasteiger partial charge on any atom is 0.307 e. The fourth-order valence-corrected chi connectivity index (χ4v) is 4.73. The Morgan fingerprint density at radius 2 is 1.85 bits per heavy atom. The maximum atomic E-state index is 13.4. The van der Waals surface area contributed by atoms with E-state index in [0.717, 1.165) is 42.5 Å². The smallest absolute Gasteiger partial charge is 0.307 e. The fraction of sp³-hybridized carbons (Fsp3) is 0.379. The van der Waals surface area contributed by atoms with Crippen LogP contribution in [0.25, 0.3) is 0 Å². The molecule has 1 aliphatic carbocycles. The van der Waals surface area contributed by atoms with Crippen molar-refractivity contribution in [3.63, 3.8) is 0 Å². The second-order valence-electron chi connectivity index (χ2n) is 9.49. The van der Waals surface area contributed by atoms with Gasteiger partial charge in [0.25, 0.3) is 5.91 Å². The highest BCUT2D eigenvalue weighted by molar-refractivity contribution is 6.03. The number of hydrogen-bond acceptors (Lipinski definition) is 2. The molecule has 0 bridgehead atoms. The Labute approximate surface area is 201 Å². The van der Waals surface area contributed by atoms with Crippen molar-refractivity contribution in [2.75, 3.05) is 5.32 Å². The van der Waals surface area contributed by atoms with Crippen LogP contribution in [0.3, 0.4) is 0 Å². The lowest BCUT2D eigenvalue weighted by Crippen LogP contribution is -2.21. The van der Waals surface area contributed by atoms with Crippen molar-refractivity contribution in [1.82, 2.24) is 4.57 Å². The summed E-state index contributed by atoms with van der Waals surface area (Å²) in [7, 11) is 0. The predicted octanol–water partition coefficient (Wildman–Crippen LogP) is 6.38. The largest absolute Gasteiger partial charge is 0.481 e. The Kier molecular flexibility index (Phi) is 7.20. The van der Waals surface area contributed by atoms with Gasteiger partial charge in [0.05, 0.1) is 5.92 Å². The first kappa shape index (κ1) is 23.8. The molecule has 3 aromatic rings. The topological polar surface area (TPSA) is 71.3 Å². The molecule has 34 heavy (non-hydrogen) atoms. The highest BCUT2D eigenvalue weighted by Crippen LogP contribution is 2.48. The number of carboxylic acids is 1. The molecule has 1 fully saturated rings. The number of aromatic nitrogens is 1. The quantitative estimate of drug-likeness (QED) is 0.370. The number of benzene rings is 2. The summed E-state index contributed by atoms with van der Waals surface area (Å²) in [5, 5.41) is 12.4. The van der Waals surface area contributed by atoms with Gasteiger partial charge in [-0.1, -0.05) is 49.4 Å². The molecular weight excluding hydrogens is 424 g/mol. The highest BCUT2D eigenvalue weighted by Gasteiger charge is 2.44. The Hall–Kier alpha value is -3.34. The fourth-order valence-electron chi connectivity index (χ4n) is 4.73. The van der Waals surface area contributed by atoms with Crippen LogP contribution in [0.5, 0.6) is 0 Å². The Bertz CT molecular complexity index is 1170. The molecule has 2 aromatic carbocycles. The van der Waals surface area contributed by atoms with E-state index in [4.69, 9.17) is 0 Å². The summed E-state index contributed by atoms with van der Waals surface area (Å²) in [5.41, 5.74) is 5.88. The summed E-state index contributed by atoms with van der Waals surface area (Å²) in [4.78, 5) is 24.6. The van der Waals surface area contributed by atoms with E-state index >= 15 is 0 Å². The molecule has 0 radical (unpaired) electrons. The van der Waals surface area contributed by atoms with Crippen LogP contribution in [0, 0.1) is 12.8 Å². The summed E-state index contributed by atoms with van der Waals surface area (Å²) in [6, 6.07) is 20.6. The lowest BCUT2D eigenvalue weighted by molar-refractivity contribution is -0.138. The number of carbonyl (C=O) groups is 2. The molecule has 1 aromatic heterocycles. The average Bonchev–Trinajstić information content (AvgIpc) is 3.54. The van der Waals surface area contributed by atoms with Gasteiger partial charge in [-0.15, -0.1) is 0 Å². The van der Waals surface area contributed by atoms with Gasteiger partial charge in [-0.3, -0.25) is 9.59 Å². The molecule has 0 saturated heterocycles. The van der Waals surface area contributed by atoms with Crippen LogP contribution in [0.15, 0.2) is 60.7 Å². The van der Waals surface area contributed by atoms with Crippen LogP contribution in [0.1, 0.15) is 77.9 Å². The van der Waals surface area contributed by atoms with Crippen LogP contribution in [-0.2, 0) is 17.6 Å². The summed E-state index contributed by atoms with van der Waals surface area (Å²) >= 11 is 0. The van der Waals surface area contributed by atoms with E-state index in [1.54, 1.807) is 0 Å². The first-order chi connectivity index (χ1) is 16.4. The van der Waals surface area contributed by atoms with E-state index in [2.05, 4.69) is 54.1 Å². The van der Waals surface area contributed by atoms with Gasteiger partial charge in [0.1, 0.15) is 5.69 Å². The molecule has 3 atom stereocenters. The second kappa shape index (κ2) is 10.3. The SMILES string of the molecule is CC[C@H](C)n1c(CCCc2ccccc2)ccc1C(=O)Nc1cc([C@@H]2C[C@@H]2C(=O)O)ccc1C. The van der Waals surface area contributed by atoms with Gasteiger partial charge >= 0.3 is 5.97 Å². The van der Waals surface area contributed by atoms with Crippen molar-refractivity contribution in [2.45, 2.75) is 64.8 Å². The first-order valence-electron chi connectivity index (χ1n) is 12.3. The van der Waals surface area contributed by atoms with Crippen LogP contribution >= 0.6 is 0 Å². The zero-order valence-corrected chi connectivity index (χ0v) is 20.3. The Morgan fingerprint density at radius 1 is 1.09 bits per heavy atom. The van der Waals surface area contributed by atoms with Crippen molar-refractivity contribution in [3.8, 4) is 0 Å². The lowest BCUT2D eigenvalue weighted by Gasteiger charge is -2.20. The van der Waals surface area contributed by atoms with Gasteiger partial charge in [-0.2, -0.15) is 0 Å². The van der Waals surface area contributed by atoms with E-state index < -0.39 is 5.97 Å². The summed E-state index contributed by atoms with van der Waals surface area (Å²) in [6.07, 6.45) is 4.55. The molecule has 0 aliphatic heterocycles. The van der Waals surface area contributed by atoms with E-state index in [0.29, 0.717) is 12.1 Å². The minimum Gasteiger partial charge on any atom is -0.481 e. The van der Waals surface area contributed by atoms with Crippen LogP contribution < -0.4 is 5.32 Å². The average molecular weight is 459 g/mol. The normalized spacial score (nSPS) is 17.9. The maximum absolute atomic E-state index is 13.4. The van der Waals surface area contributed by atoms with Gasteiger partial charge in [0.2, 0.25) is 0 Å². The second-order valence-corrected chi connectivity index (χ2v) is 9.49. The zero-order chi connectivity index (χ0) is 24.2. The first-order valence-corrected chi connectivity index (χ1v) is 12.3. The van der Waals surface area contributed by atoms with Crippen molar-refractivity contribution in [3.05, 3.63) is 88.7 Å². The minimum absolute atomic E-state index is 0.0361. The minimum atomic E-state index is -0.748. The predicted molar refractivity (Wildman–Crippen MR) is 136 cm³/mol. The number of carboxylic acid groups (broad SMARTS) is 1. The third-order valence-electron chi connectivity index (χ3n) is 7.05. The van der Waals surface area contributed by atoms with E-state index in [-0.39, 0.29) is 23.8 Å². The number of amides is 1. The number of aliphatic carboxylic acids is 1. The lowest BCUT2D eigenvalue weighted by atomic mass is 10.0. The van der Waals surface area contributed by atoms with Gasteiger partial charge in [-0.05, 0) is 86.8 Å². The van der Waals surface area contributed by atoms with Crippen LogP contribution in [0.2, 0.25) is 0 Å². The molecule has 5 heteroatoms. The molecule has 1 saturated carbocycles. The third-order valence-corrected chi connectivity index (χ3v) is 7.05. The van der Waals surface area contributed by atoms with Crippen molar-refractivity contribution in [2.24, 2.45) is 5.92 Å².